The number of benzene rings is 2. The van der Waals surface area contributed by atoms with Crippen LogP contribution in [-0.2, 0) is 6.54 Å². The van der Waals surface area contributed by atoms with Crippen molar-refractivity contribution in [3.05, 3.63) is 82.7 Å². The van der Waals surface area contributed by atoms with Crippen molar-refractivity contribution in [1.29, 1.82) is 0 Å². The maximum Gasteiger partial charge on any atom is 0.270 e. The van der Waals surface area contributed by atoms with E-state index >= 15 is 0 Å². The fraction of sp³-hybridized carbons (Fsp3) is 0.273. The van der Waals surface area contributed by atoms with Crippen LogP contribution in [0.1, 0.15) is 23.2 Å². The summed E-state index contributed by atoms with van der Waals surface area (Å²) in [4.78, 5) is 29.5. The van der Waals surface area contributed by atoms with Gasteiger partial charge in [0.1, 0.15) is 5.82 Å². The van der Waals surface area contributed by atoms with E-state index in [1.54, 1.807) is 17.0 Å². The highest BCUT2D eigenvalue weighted by molar-refractivity contribution is 5.94. The largest absolute Gasteiger partial charge is 0.339 e. The summed E-state index contributed by atoms with van der Waals surface area (Å²) < 4.78 is 2.18. The zero-order chi connectivity index (χ0) is 20.2. The summed E-state index contributed by atoms with van der Waals surface area (Å²) in [6.07, 6.45) is 5.62. The minimum absolute atomic E-state index is 0.0562. The van der Waals surface area contributed by atoms with Gasteiger partial charge in [-0.3, -0.25) is 14.9 Å². The molecule has 0 N–H and O–H groups in total. The maximum absolute atomic E-state index is 12.7. The summed E-state index contributed by atoms with van der Waals surface area (Å²) in [5.74, 6) is 1.28. The molecular weight excluding hydrogens is 368 g/mol. The summed E-state index contributed by atoms with van der Waals surface area (Å²) in [6.45, 7) is 2.17. The molecule has 1 aromatic heterocycles. The van der Waals surface area contributed by atoms with Crippen molar-refractivity contribution in [2.45, 2.75) is 19.4 Å². The van der Waals surface area contributed by atoms with Crippen molar-refractivity contribution in [3.63, 3.8) is 0 Å². The van der Waals surface area contributed by atoms with Gasteiger partial charge in [-0.05, 0) is 24.8 Å². The van der Waals surface area contributed by atoms with Gasteiger partial charge in [-0.25, -0.2) is 4.98 Å². The number of likely N-dealkylation sites (tertiary alicyclic amines) is 1. The van der Waals surface area contributed by atoms with Gasteiger partial charge in [0.2, 0.25) is 0 Å². The fourth-order valence-corrected chi connectivity index (χ4v) is 3.84. The van der Waals surface area contributed by atoms with Gasteiger partial charge in [0, 0.05) is 55.3 Å². The van der Waals surface area contributed by atoms with Crippen LogP contribution in [0, 0.1) is 16.0 Å². The van der Waals surface area contributed by atoms with Crippen molar-refractivity contribution < 1.29 is 9.72 Å². The molecule has 0 atom stereocenters. The van der Waals surface area contributed by atoms with Crippen LogP contribution in [0.2, 0.25) is 0 Å². The minimum Gasteiger partial charge on any atom is -0.339 e. The van der Waals surface area contributed by atoms with E-state index in [-0.39, 0.29) is 11.6 Å². The summed E-state index contributed by atoms with van der Waals surface area (Å²) in [5.41, 5.74) is 1.41. The van der Waals surface area contributed by atoms with E-state index < -0.39 is 4.92 Å². The zero-order valence-electron chi connectivity index (χ0n) is 16.0. The lowest BCUT2D eigenvalue weighted by Crippen LogP contribution is -2.39. The van der Waals surface area contributed by atoms with E-state index in [9.17, 15) is 14.9 Å². The van der Waals surface area contributed by atoms with Gasteiger partial charge in [0.15, 0.2) is 0 Å². The van der Waals surface area contributed by atoms with Crippen molar-refractivity contribution >= 4 is 11.6 Å². The number of carbonyl (C=O) groups excluding carboxylic acids is 1. The number of rotatable bonds is 5. The first-order chi connectivity index (χ1) is 14.1. The summed E-state index contributed by atoms with van der Waals surface area (Å²) in [7, 11) is 0. The minimum atomic E-state index is -0.474. The molecule has 1 aliphatic heterocycles. The average molecular weight is 390 g/mol. The van der Waals surface area contributed by atoms with Crippen LogP contribution in [0.5, 0.6) is 0 Å². The third-order valence-electron chi connectivity index (χ3n) is 5.41. The first-order valence-corrected chi connectivity index (χ1v) is 9.72. The number of non-ortho nitro benzene ring substituents is 1. The van der Waals surface area contributed by atoms with Crippen molar-refractivity contribution in [2.75, 3.05) is 13.1 Å². The third-order valence-corrected chi connectivity index (χ3v) is 5.41. The van der Waals surface area contributed by atoms with Crippen molar-refractivity contribution in [3.8, 4) is 11.4 Å². The van der Waals surface area contributed by atoms with E-state index in [0.29, 0.717) is 24.6 Å². The molecule has 1 amide bonds. The Labute approximate surface area is 168 Å². The first-order valence-electron chi connectivity index (χ1n) is 9.72. The standard InChI is InChI=1S/C22H22N4O3/c27-22(19-7-4-8-20(15-19)26(28)29)24-12-9-17(10-13-24)16-25-14-11-23-21(25)18-5-2-1-3-6-18/h1-8,11,14-15,17H,9-10,12-13,16H2. The van der Waals surface area contributed by atoms with E-state index in [1.807, 2.05) is 30.6 Å². The van der Waals surface area contributed by atoms with E-state index in [2.05, 4.69) is 21.7 Å². The number of carbonyl (C=O) groups is 1. The van der Waals surface area contributed by atoms with E-state index in [1.165, 1.54) is 12.1 Å². The van der Waals surface area contributed by atoms with Gasteiger partial charge in [0.25, 0.3) is 11.6 Å². The Kier molecular flexibility index (Phi) is 5.37. The Balaban J connectivity index is 1.38. The van der Waals surface area contributed by atoms with Crippen LogP contribution < -0.4 is 0 Å². The molecule has 0 bridgehead atoms. The van der Waals surface area contributed by atoms with Crippen molar-refractivity contribution in [2.24, 2.45) is 5.92 Å². The molecule has 0 unspecified atom stereocenters. The molecule has 7 heteroatoms. The predicted octanol–water partition coefficient (Wildman–Crippen LogP) is 4.01. The van der Waals surface area contributed by atoms with Gasteiger partial charge in [0.05, 0.1) is 4.92 Å². The van der Waals surface area contributed by atoms with Gasteiger partial charge < -0.3 is 9.47 Å². The van der Waals surface area contributed by atoms with E-state index in [0.717, 1.165) is 30.8 Å². The number of imidazole rings is 1. The lowest BCUT2D eigenvalue weighted by Gasteiger charge is -2.32. The number of nitrogens with zero attached hydrogens (tertiary/aromatic N) is 4. The molecule has 0 saturated carbocycles. The van der Waals surface area contributed by atoms with Crippen LogP contribution in [0.25, 0.3) is 11.4 Å². The molecular formula is C22H22N4O3. The fourth-order valence-electron chi connectivity index (χ4n) is 3.84. The van der Waals surface area contributed by atoms with Crippen LogP contribution in [0.15, 0.2) is 67.0 Å². The number of piperidine rings is 1. The molecule has 3 aromatic rings. The molecule has 1 saturated heterocycles. The second-order valence-electron chi connectivity index (χ2n) is 7.31. The van der Waals surface area contributed by atoms with Crippen molar-refractivity contribution in [1.82, 2.24) is 14.5 Å². The first kappa shape index (κ1) is 18.9. The number of hydrogen-bond acceptors (Lipinski definition) is 4. The normalized spacial score (nSPS) is 14.7. The molecule has 2 heterocycles. The molecule has 2 aromatic carbocycles. The monoisotopic (exact) mass is 390 g/mol. The lowest BCUT2D eigenvalue weighted by atomic mass is 9.96. The van der Waals surface area contributed by atoms with Crippen LogP contribution >= 0.6 is 0 Å². The molecule has 0 radical (unpaired) electrons. The number of amides is 1. The topological polar surface area (TPSA) is 81.3 Å². The Hall–Kier alpha value is -3.48. The number of hydrogen-bond donors (Lipinski definition) is 0. The quantitative estimate of drug-likeness (QED) is 0.487. The molecule has 1 fully saturated rings. The summed E-state index contributed by atoms with van der Waals surface area (Å²) >= 11 is 0. The maximum atomic E-state index is 12.7. The van der Waals surface area contributed by atoms with Crippen LogP contribution in [0.4, 0.5) is 5.69 Å². The number of aromatic nitrogens is 2. The lowest BCUT2D eigenvalue weighted by molar-refractivity contribution is -0.384. The molecule has 7 nitrogen and oxygen atoms in total. The van der Waals surface area contributed by atoms with Gasteiger partial charge in [-0.1, -0.05) is 36.4 Å². The number of nitro groups is 1. The Morgan fingerprint density at radius 2 is 1.86 bits per heavy atom. The SMILES string of the molecule is O=C(c1cccc([N+](=O)[O-])c1)N1CCC(Cn2ccnc2-c2ccccc2)CC1. The molecule has 1 aliphatic rings. The Morgan fingerprint density at radius 3 is 2.59 bits per heavy atom. The molecule has 148 valence electrons. The molecule has 0 spiro atoms. The average Bonchev–Trinajstić information content (AvgIpc) is 3.22. The van der Waals surface area contributed by atoms with E-state index in [4.69, 9.17) is 0 Å². The molecule has 0 aliphatic carbocycles. The van der Waals surface area contributed by atoms with Crippen LogP contribution in [-0.4, -0.2) is 38.4 Å². The second kappa shape index (κ2) is 8.26. The van der Waals surface area contributed by atoms with Gasteiger partial charge in [-0.15, -0.1) is 0 Å². The Morgan fingerprint density at radius 1 is 1.10 bits per heavy atom. The molecule has 29 heavy (non-hydrogen) atoms. The third kappa shape index (κ3) is 4.18. The van der Waals surface area contributed by atoms with Gasteiger partial charge >= 0.3 is 0 Å². The van der Waals surface area contributed by atoms with Crippen LogP contribution in [0.3, 0.4) is 0 Å². The molecule has 4 rings (SSSR count). The highest BCUT2D eigenvalue weighted by Gasteiger charge is 2.25. The second-order valence-corrected chi connectivity index (χ2v) is 7.31. The highest BCUT2D eigenvalue weighted by atomic mass is 16.6. The summed E-state index contributed by atoms with van der Waals surface area (Å²) in [6, 6.07) is 16.1. The summed E-state index contributed by atoms with van der Waals surface area (Å²) in [5, 5.41) is 10.9. The zero-order valence-corrected chi connectivity index (χ0v) is 16.0. The predicted molar refractivity (Wildman–Crippen MR) is 109 cm³/mol. The highest BCUT2D eigenvalue weighted by Crippen LogP contribution is 2.24. The smallest absolute Gasteiger partial charge is 0.270 e. The Bertz CT molecular complexity index is 1010. The van der Waals surface area contributed by atoms with Gasteiger partial charge in [-0.2, -0.15) is 0 Å². The number of nitro benzene ring substituents is 1.